The van der Waals surface area contributed by atoms with E-state index in [1.807, 2.05) is 12.1 Å². The Hall–Kier alpha value is -2.32. The van der Waals surface area contributed by atoms with Crippen molar-refractivity contribution in [3.8, 4) is 11.5 Å². The Morgan fingerprint density at radius 1 is 1.19 bits per heavy atom. The number of nitrogens with two attached hydrogens (primary N) is 1. The number of nitrogen functional groups attached to an aromatic ring is 1. The fourth-order valence-electron chi connectivity index (χ4n) is 5.08. The van der Waals surface area contributed by atoms with Gasteiger partial charge in [0.15, 0.2) is 17.3 Å². The molecule has 2 atom stereocenters. The van der Waals surface area contributed by atoms with Crippen LogP contribution >= 0.6 is 27.5 Å². The number of ether oxygens (including phenoxy) is 2. The van der Waals surface area contributed by atoms with Gasteiger partial charge in [-0.15, -0.1) is 0 Å². The molecule has 5 rings (SSSR count). The highest BCUT2D eigenvalue weighted by Crippen LogP contribution is 2.45. The molecule has 1 saturated carbocycles. The first-order valence-corrected chi connectivity index (χ1v) is 11.7. The highest BCUT2D eigenvalue weighted by Gasteiger charge is 2.41. The van der Waals surface area contributed by atoms with E-state index in [2.05, 4.69) is 30.8 Å². The summed E-state index contributed by atoms with van der Waals surface area (Å²) in [6, 6.07) is 7.28. The molecule has 168 valence electrons. The predicted octanol–water partition coefficient (Wildman–Crippen LogP) is 5.32. The molecule has 0 spiro atoms. The van der Waals surface area contributed by atoms with Crippen molar-refractivity contribution in [3.05, 3.63) is 45.9 Å². The van der Waals surface area contributed by atoms with Crippen LogP contribution in [0.5, 0.6) is 11.5 Å². The SMILES string of the molecule is COc1cc2c(N)ncnc2cc1OCC1CC2CN(c3ccc(Br)c(Cl)c3F)CC2C1. The zero-order chi connectivity index (χ0) is 22.4. The summed E-state index contributed by atoms with van der Waals surface area (Å²) in [5, 5.41) is 0.884. The second-order valence-electron chi connectivity index (χ2n) is 8.55. The molecule has 2 unspecified atom stereocenters. The standard InChI is InChI=1S/C23H23BrClFN4O2/c1-31-19-6-15-17(28-11-29-23(15)27)7-20(19)32-10-12-4-13-8-30(9-14(13)5-12)18-3-2-16(24)21(25)22(18)26/h2-3,6-7,11-14H,4-5,8-10H2,1H3,(H2,27,28,29). The summed E-state index contributed by atoms with van der Waals surface area (Å²) < 4.78 is 26.9. The quantitative estimate of drug-likeness (QED) is 0.458. The first kappa shape index (κ1) is 21.5. The van der Waals surface area contributed by atoms with Crippen LogP contribution in [-0.4, -0.2) is 36.8 Å². The van der Waals surface area contributed by atoms with E-state index < -0.39 is 0 Å². The van der Waals surface area contributed by atoms with Crippen molar-refractivity contribution in [2.75, 3.05) is 37.4 Å². The number of rotatable bonds is 5. The Labute approximate surface area is 199 Å². The molecule has 1 aliphatic carbocycles. The molecule has 2 aromatic carbocycles. The zero-order valence-corrected chi connectivity index (χ0v) is 19.9. The molecule has 2 aliphatic rings. The first-order valence-electron chi connectivity index (χ1n) is 10.5. The number of halogens is 3. The van der Waals surface area contributed by atoms with Gasteiger partial charge >= 0.3 is 0 Å². The van der Waals surface area contributed by atoms with Gasteiger partial charge in [0, 0.05) is 29.0 Å². The molecule has 6 nitrogen and oxygen atoms in total. The summed E-state index contributed by atoms with van der Waals surface area (Å²) in [7, 11) is 1.61. The molecule has 9 heteroatoms. The van der Waals surface area contributed by atoms with E-state index in [0.29, 0.717) is 51.8 Å². The molecule has 0 amide bonds. The van der Waals surface area contributed by atoms with Gasteiger partial charge in [-0.05, 0) is 64.7 Å². The smallest absolute Gasteiger partial charge is 0.166 e. The highest BCUT2D eigenvalue weighted by atomic mass is 79.9. The largest absolute Gasteiger partial charge is 0.493 e. The van der Waals surface area contributed by atoms with Crippen molar-refractivity contribution in [1.29, 1.82) is 0 Å². The molecular weight excluding hydrogens is 499 g/mol. The van der Waals surface area contributed by atoms with E-state index in [0.717, 1.165) is 36.8 Å². The summed E-state index contributed by atoms with van der Waals surface area (Å²) >= 11 is 9.37. The maximum absolute atomic E-state index is 14.6. The van der Waals surface area contributed by atoms with Gasteiger partial charge < -0.3 is 20.1 Å². The lowest BCUT2D eigenvalue weighted by Gasteiger charge is -2.22. The summed E-state index contributed by atoms with van der Waals surface area (Å²) in [6.07, 6.45) is 3.55. The van der Waals surface area contributed by atoms with Crippen LogP contribution in [0.1, 0.15) is 12.8 Å². The maximum Gasteiger partial charge on any atom is 0.166 e. The number of methoxy groups -OCH3 is 1. The van der Waals surface area contributed by atoms with E-state index >= 15 is 0 Å². The van der Waals surface area contributed by atoms with Crippen molar-refractivity contribution in [3.63, 3.8) is 0 Å². The third-order valence-electron chi connectivity index (χ3n) is 6.63. The lowest BCUT2D eigenvalue weighted by Crippen LogP contribution is -2.23. The van der Waals surface area contributed by atoms with Gasteiger partial charge in [0.1, 0.15) is 12.1 Å². The monoisotopic (exact) mass is 520 g/mol. The topological polar surface area (TPSA) is 73.5 Å². The molecule has 2 N–H and O–H groups in total. The van der Waals surface area contributed by atoms with Crippen molar-refractivity contribution < 1.29 is 13.9 Å². The summed E-state index contributed by atoms with van der Waals surface area (Å²) in [5.41, 5.74) is 7.26. The van der Waals surface area contributed by atoms with Crippen molar-refractivity contribution >= 4 is 49.9 Å². The number of hydrogen-bond acceptors (Lipinski definition) is 6. The van der Waals surface area contributed by atoms with Crippen LogP contribution in [0.15, 0.2) is 35.1 Å². The summed E-state index contributed by atoms with van der Waals surface area (Å²) in [6.45, 7) is 2.28. The summed E-state index contributed by atoms with van der Waals surface area (Å²) in [5.74, 6) is 2.83. The van der Waals surface area contributed by atoms with Crippen LogP contribution in [0.2, 0.25) is 5.02 Å². The Balaban J connectivity index is 1.24. The Kier molecular flexibility index (Phi) is 5.75. The second-order valence-corrected chi connectivity index (χ2v) is 9.78. The van der Waals surface area contributed by atoms with Gasteiger partial charge in [0.25, 0.3) is 0 Å². The average molecular weight is 522 g/mol. The van der Waals surface area contributed by atoms with Crippen molar-refractivity contribution in [1.82, 2.24) is 9.97 Å². The van der Waals surface area contributed by atoms with Gasteiger partial charge in [0.2, 0.25) is 0 Å². The maximum atomic E-state index is 14.6. The minimum atomic E-state index is -0.353. The molecule has 32 heavy (non-hydrogen) atoms. The van der Waals surface area contributed by atoms with Crippen LogP contribution in [0.3, 0.4) is 0 Å². The van der Waals surface area contributed by atoms with Crippen LogP contribution in [0.25, 0.3) is 10.9 Å². The minimum Gasteiger partial charge on any atom is -0.493 e. The third-order valence-corrected chi connectivity index (χ3v) is 7.89. The second kappa shape index (κ2) is 8.56. The van der Waals surface area contributed by atoms with E-state index in [1.54, 1.807) is 19.2 Å². The Morgan fingerprint density at radius 3 is 2.66 bits per heavy atom. The van der Waals surface area contributed by atoms with Crippen molar-refractivity contribution in [2.45, 2.75) is 12.8 Å². The molecule has 2 heterocycles. The Morgan fingerprint density at radius 2 is 1.94 bits per heavy atom. The predicted molar refractivity (Wildman–Crippen MR) is 127 cm³/mol. The molecule has 0 bridgehead atoms. The molecule has 1 aliphatic heterocycles. The zero-order valence-electron chi connectivity index (χ0n) is 17.5. The Bertz CT molecular complexity index is 1170. The fraction of sp³-hybridized carbons (Fsp3) is 0.391. The number of anilines is 2. The normalized spacial score (nSPS) is 22.4. The van der Waals surface area contributed by atoms with E-state index in [1.165, 1.54) is 6.33 Å². The minimum absolute atomic E-state index is 0.141. The first-order chi connectivity index (χ1) is 15.4. The molecule has 3 aromatic rings. The number of nitrogens with zero attached hydrogens (tertiary/aromatic N) is 3. The van der Waals surface area contributed by atoms with Crippen LogP contribution < -0.4 is 20.1 Å². The van der Waals surface area contributed by atoms with Gasteiger partial charge in [-0.1, -0.05) is 11.6 Å². The molecule has 2 fully saturated rings. The number of hydrogen-bond donors (Lipinski definition) is 1. The van der Waals surface area contributed by atoms with Crippen LogP contribution in [0.4, 0.5) is 15.9 Å². The van der Waals surface area contributed by atoms with E-state index in [9.17, 15) is 4.39 Å². The lowest BCUT2D eigenvalue weighted by atomic mass is 10.0. The molecule has 0 radical (unpaired) electrons. The van der Waals surface area contributed by atoms with Gasteiger partial charge in [-0.25, -0.2) is 14.4 Å². The van der Waals surface area contributed by atoms with E-state index in [4.69, 9.17) is 26.8 Å². The van der Waals surface area contributed by atoms with Crippen LogP contribution in [-0.2, 0) is 0 Å². The number of aromatic nitrogens is 2. The molecular formula is C23H23BrClFN4O2. The fourth-order valence-corrected chi connectivity index (χ4v) is 5.55. The van der Waals surface area contributed by atoms with Crippen molar-refractivity contribution in [2.24, 2.45) is 17.8 Å². The van der Waals surface area contributed by atoms with Gasteiger partial charge in [0.05, 0.1) is 29.9 Å². The average Bonchev–Trinajstić information content (AvgIpc) is 3.34. The van der Waals surface area contributed by atoms with E-state index in [-0.39, 0.29) is 10.8 Å². The van der Waals surface area contributed by atoms with Gasteiger partial charge in [-0.3, -0.25) is 0 Å². The number of benzene rings is 2. The van der Waals surface area contributed by atoms with Gasteiger partial charge in [-0.2, -0.15) is 0 Å². The summed E-state index contributed by atoms with van der Waals surface area (Å²) in [4.78, 5) is 10.4. The lowest BCUT2D eigenvalue weighted by molar-refractivity contribution is 0.235. The molecule has 1 saturated heterocycles. The number of fused-ring (bicyclic) bond motifs is 2. The third kappa shape index (κ3) is 3.83. The van der Waals surface area contributed by atoms with Crippen LogP contribution in [0, 0.1) is 23.6 Å². The molecule has 1 aromatic heterocycles. The highest BCUT2D eigenvalue weighted by molar-refractivity contribution is 9.10.